The molecule has 1 rings (SSSR count). The largest absolute Gasteiger partial charge is 0.479 e. The molecule has 1 unspecified atom stereocenters. The molecule has 0 saturated heterocycles. The van der Waals surface area contributed by atoms with Crippen molar-refractivity contribution >= 4 is 5.97 Å². The molecular formula is C7H9F3O3. The van der Waals surface area contributed by atoms with E-state index in [9.17, 15) is 18.0 Å². The van der Waals surface area contributed by atoms with Gasteiger partial charge in [0, 0.05) is 0 Å². The van der Waals surface area contributed by atoms with E-state index in [1.54, 1.807) is 0 Å². The van der Waals surface area contributed by atoms with Gasteiger partial charge in [0.1, 0.15) is 0 Å². The van der Waals surface area contributed by atoms with E-state index in [0.717, 1.165) is 6.92 Å². The van der Waals surface area contributed by atoms with Crippen LogP contribution < -0.4 is 0 Å². The van der Waals surface area contributed by atoms with Crippen molar-refractivity contribution in [1.82, 2.24) is 0 Å². The first kappa shape index (κ1) is 10.3. The topological polar surface area (TPSA) is 46.5 Å². The maximum atomic E-state index is 12.2. The highest BCUT2D eigenvalue weighted by atomic mass is 19.4. The quantitative estimate of drug-likeness (QED) is 0.748. The maximum Gasteiger partial charge on any atom is 0.417 e. The summed E-state index contributed by atoms with van der Waals surface area (Å²) >= 11 is 0. The molecule has 1 atom stereocenters. The molecule has 0 aliphatic heterocycles. The Morgan fingerprint density at radius 3 is 2.23 bits per heavy atom. The average molecular weight is 198 g/mol. The molecule has 0 spiro atoms. The van der Waals surface area contributed by atoms with Gasteiger partial charge in [-0.05, 0) is 19.8 Å². The van der Waals surface area contributed by atoms with Crippen LogP contribution >= 0.6 is 0 Å². The first-order chi connectivity index (χ1) is 5.78. The van der Waals surface area contributed by atoms with Crippen LogP contribution in [0.4, 0.5) is 13.2 Å². The van der Waals surface area contributed by atoms with Crippen LogP contribution in [0.3, 0.4) is 0 Å². The Bertz CT molecular complexity index is 220. The van der Waals surface area contributed by atoms with Crippen molar-refractivity contribution in [2.45, 2.75) is 37.6 Å². The lowest BCUT2D eigenvalue weighted by Crippen LogP contribution is -2.39. The number of halogens is 3. The SMILES string of the molecule is CC(OC1(C(F)(F)F)CC1)C(=O)O. The molecule has 1 aliphatic rings. The number of alkyl halides is 3. The monoisotopic (exact) mass is 198 g/mol. The molecule has 1 N–H and O–H groups in total. The van der Waals surface area contributed by atoms with Crippen molar-refractivity contribution < 1.29 is 27.8 Å². The minimum Gasteiger partial charge on any atom is -0.479 e. The van der Waals surface area contributed by atoms with E-state index in [-0.39, 0.29) is 12.8 Å². The third-order valence-electron chi connectivity index (χ3n) is 1.97. The molecule has 0 bridgehead atoms. The van der Waals surface area contributed by atoms with Crippen LogP contribution in [0.1, 0.15) is 19.8 Å². The smallest absolute Gasteiger partial charge is 0.417 e. The Morgan fingerprint density at radius 1 is 1.54 bits per heavy atom. The summed E-state index contributed by atoms with van der Waals surface area (Å²) in [7, 11) is 0. The van der Waals surface area contributed by atoms with Gasteiger partial charge in [-0.1, -0.05) is 0 Å². The van der Waals surface area contributed by atoms with E-state index in [4.69, 9.17) is 5.11 Å². The molecule has 3 nitrogen and oxygen atoms in total. The van der Waals surface area contributed by atoms with Gasteiger partial charge in [0.05, 0.1) is 0 Å². The molecule has 0 aromatic heterocycles. The molecule has 1 aliphatic carbocycles. The molecule has 76 valence electrons. The van der Waals surface area contributed by atoms with Crippen molar-refractivity contribution in [3.63, 3.8) is 0 Å². The maximum absolute atomic E-state index is 12.2. The van der Waals surface area contributed by atoms with E-state index in [1.165, 1.54) is 0 Å². The van der Waals surface area contributed by atoms with Crippen LogP contribution in [0.25, 0.3) is 0 Å². The summed E-state index contributed by atoms with van der Waals surface area (Å²) < 4.78 is 41.1. The summed E-state index contributed by atoms with van der Waals surface area (Å²) in [6.45, 7) is 1.09. The molecule has 0 aromatic rings. The summed E-state index contributed by atoms with van der Waals surface area (Å²) in [5, 5.41) is 8.35. The second-order valence-electron chi connectivity index (χ2n) is 3.09. The Morgan fingerprint density at radius 2 is 2.00 bits per heavy atom. The van der Waals surface area contributed by atoms with Crippen LogP contribution in [0.5, 0.6) is 0 Å². The summed E-state index contributed by atoms with van der Waals surface area (Å²) in [5.41, 5.74) is -2.19. The number of hydrogen-bond acceptors (Lipinski definition) is 2. The fraction of sp³-hybridized carbons (Fsp3) is 0.857. The fourth-order valence-corrected chi connectivity index (χ4v) is 0.970. The Balaban J connectivity index is 2.59. The minimum atomic E-state index is -4.46. The highest BCUT2D eigenvalue weighted by molar-refractivity contribution is 5.71. The van der Waals surface area contributed by atoms with Crippen molar-refractivity contribution in [1.29, 1.82) is 0 Å². The molecule has 0 radical (unpaired) electrons. The van der Waals surface area contributed by atoms with E-state index in [0.29, 0.717) is 0 Å². The zero-order chi connectivity index (χ0) is 10.3. The fourth-order valence-electron chi connectivity index (χ4n) is 0.970. The standard InChI is InChI=1S/C7H9F3O3/c1-4(5(11)12)13-6(2-3-6)7(8,9)10/h4H,2-3H2,1H3,(H,11,12). The van der Waals surface area contributed by atoms with Gasteiger partial charge in [-0.15, -0.1) is 0 Å². The Hall–Kier alpha value is -0.780. The van der Waals surface area contributed by atoms with E-state index in [2.05, 4.69) is 4.74 Å². The van der Waals surface area contributed by atoms with Gasteiger partial charge >= 0.3 is 12.1 Å². The number of carboxylic acid groups (broad SMARTS) is 1. The Kier molecular flexibility index (Phi) is 2.27. The van der Waals surface area contributed by atoms with Gasteiger partial charge in [-0.3, -0.25) is 0 Å². The van der Waals surface area contributed by atoms with Gasteiger partial charge in [-0.25, -0.2) is 4.79 Å². The molecule has 1 fully saturated rings. The third-order valence-corrected chi connectivity index (χ3v) is 1.97. The number of ether oxygens (including phenoxy) is 1. The van der Waals surface area contributed by atoms with Crippen LogP contribution in [0.15, 0.2) is 0 Å². The zero-order valence-electron chi connectivity index (χ0n) is 6.89. The van der Waals surface area contributed by atoms with Crippen molar-refractivity contribution in [3.05, 3.63) is 0 Å². The van der Waals surface area contributed by atoms with E-state index < -0.39 is 23.9 Å². The summed E-state index contributed by atoms with van der Waals surface area (Å²) in [6, 6.07) is 0. The van der Waals surface area contributed by atoms with Crippen LogP contribution in [0.2, 0.25) is 0 Å². The molecule has 0 heterocycles. The predicted octanol–water partition coefficient (Wildman–Crippen LogP) is 1.57. The van der Waals surface area contributed by atoms with Crippen molar-refractivity contribution in [3.8, 4) is 0 Å². The summed E-state index contributed by atoms with van der Waals surface area (Å²) in [5.74, 6) is -1.38. The van der Waals surface area contributed by atoms with E-state index in [1.807, 2.05) is 0 Å². The lowest BCUT2D eigenvalue weighted by atomic mass is 10.3. The average Bonchev–Trinajstić information content (AvgIpc) is 2.66. The zero-order valence-corrected chi connectivity index (χ0v) is 6.89. The second-order valence-corrected chi connectivity index (χ2v) is 3.09. The molecular weight excluding hydrogens is 189 g/mol. The Labute approximate surface area is 72.5 Å². The van der Waals surface area contributed by atoms with Gasteiger partial charge < -0.3 is 9.84 Å². The number of carbonyl (C=O) groups is 1. The lowest BCUT2D eigenvalue weighted by Gasteiger charge is -2.21. The van der Waals surface area contributed by atoms with Crippen LogP contribution in [0, 0.1) is 0 Å². The highest BCUT2D eigenvalue weighted by Gasteiger charge is 2.65. The van der Waals surface area contributed by atoms with Gasteiger partial charge in [0.2, 0.25) is 0 Å². The normalized spacial score (nSPS) is 22.5. The summed E-state index contributed by atoms with van der Waals surface area (Å²) in [4.78, 5) is 10.2. The number of carboxylic acids is 1. The van der Waals surface area contributed by atoms with Gasteiger partial charge in [0.25, 0.3) is 0 Å². The highest BCUT2D eigenvalue weighted by Crippen LogP contribution is 2.52. The second kappa shape index (κ2) is 2.87. The first-order valence-electron chi connectivity index (χ1n) is 3.76. The van der Waals surface area contributed by atoms with Crippen LogP contribution in [-0.2, 0) is 9.53 Å². The molecule has 13 heavy (non-hydrogen) atoms. The van der Waals surface area contributed by atoms with Gasteiger partial charge in [0.15, 0.2) is 11.7 Å². The van der Waals surface area contributed by atoms with Crippen molar-refractivity contribution in [2.24, 2.45) is 0 Å². The molecule has 1 saturated carbocycles. The van der Waals surface area contributed by atoms with E-state index >= 15 is 0 Å². The lowest BCUT2D eigenvalue weighted by molar-refractivity contribution is -0.247. The minimum absolute atomic E-state index is 0.145. The number of hydrogen-bond donors (Lipinski definition) is 1. The molecule has 0 aromatic carbocycles. The molecule has 6 heteroatoms. The first-order valence-corrected chi connectivity index (χ1v) is 3.76. The predicted molar refractivity (Wildman–Crippen MR) is 36.2 cm³/mol. The van der Waals surface area contributed by atoms with Gasteiger partial charge in [-0.2, -0.15) is 13.2 Å². The third kappa shape index (κ3) is 1.93. The van der Waals surface area contributed by atoms with Crippen LogP contribution in [-0.4, -0.2) is 29.0 Å². The number of aliphatic carboxylic acids is 1. The number of rotatable bonds is 3. The summed E-state index contributed by atoms with van der Waals surface area (Å²) in [6.07, 6.45) is -6.16. The van der Waals surface area contributed by atoms with Crippen molar-refractivity contribution in [2.75, 3.05) is 0 Å². The molecule has 0 amide bonds.